The molecule has 0 unspecified atom stereocenters. The Morgan fingerprint density at radius 1 is 1.07 bits per heavy atom. The lowest BCUT2D eigenvalue weighted by Crippen LogP contribution is -2.06. The van der Waals surface area contributed by atoms with Gasteiger partial charge < -0.3 is 10.3 Å². The number of rotatable bonds is 3. The monoisotopic (exact) mass is 397 g/mol. The fraction of sp³-hybridized carbons (Fsp3) is 0.150. The molecule has 0 aliphatic rings. The molecule has 3 aromatic heterocycles. The van der Waals surface area contributed by atoms with Crippen LogP contribution in [0.15, 0.2) is 42.7 Å². The van der Waals surface area contributed by atoms with Gasteiger partial charge in [0, 0.05) is 23.0 Å². The number of pyridine rings is 1. The second-order valence-electron chi connectivity index (χ2n) is 6.43. The van der Waals surface area contributed by atoms with Crippen molar-refractivity contribution >= 4 is 40.2 Å². The largest absolute Gasteiger partial charge is 0.368 e. The number of hydrogen-bond donors (Lipinski definition) is 1. The number of nitrogens with zero attached hydrogens (tertiary/aromatic N) is 4. The van der Waals surface area contributed by atoms with Gasteiger partial charge in [0.15, 0.2) is 0 Å². The molecule has 0 aliphatic heterocycles. The van der Waals surface area contributed by atoms with E-state index in [-0.39, 0.29) is 5.95 Å². The lowest BCUT2D eigenvalue weighted by molar-refractivity contribution is 0.789. The molecule has 5 nitrogen and oxygen atoms in total. The van der Waals surface area contributed by atoms with E-state index in [0.717, 1.165) is 38.4 Å². The molecular weight excluding hydrogens is 381 g/mol. The number of aromatic nitrogens is 4. The molecule has 0 saturated heterocycles. The Morgan fingerprint density at radius 2 is 1.81 bits per heavy atom. The van der Waals surface area contributed by atoms with Crippen LogP contribution in [0.5, 0.6) is 0 Å². The zero-order valence-electron chi connectivity index (χ0n) is 14.9. The van der Waals surface area contributed by atoms with Crippen molar-refractivity contribution in [1.29, 1.82) is 0 Å². The van der Waals surface area contributed by atoms with Crippen molar-refractivity contribution in [2.45, 2.75) is 20.4 Å². The quantitative estimate of drug-likeness (QED) is 0.491. The van der Waals surface area contributed by atoms with Crippen LogP contribution in [0.4, 0.5) is 5.95 Å². The highest BCUT2D eigenvalue weighted by Crippen LogP contribution is 2.35. The third-order valence-electron chi connectivity index (χ3n) is 4.62. The van der Waals surface area contributed by atoms with Crippen molar-refractivity contribution in [2.24, 2.45) is 0 Å². The molecule has 4 aromatic rings. The number of benzene rings is 1. The predicted molar refractivity (Wildman–Crippen MR) is 110 cm³/mol. The molecule has 0 saturated carbocycles. The minimum absolute atomic E-state index is 0.137. The molecule has 0 fully saturated rings. The highest BCUT2D eigenvalue weighted by atomic mass is 35.5. The van der Waals surface area contributed by atoms with Crippen LogP contribution in [0.3, 0.4) is 0 Å². The highest BCUT2D eigenvalue weighted by molar-refractivity contribution is 6.35. The second kappa shape index (κ2) is 6.83. The lowest BCUT2D eigenvalue weighted by atomic mass is 10.1. The molecule has 0 bridgehead atoms. The van der Waals surface area contributed by atoms with Gasteiger partial charge in [-0.3, -0.25) is 4.98 Å². The zero-order valence-corrected chi connectivity index (χ0v) is 16.4. The molecule has 2 N–H and O–H groups in total. The van der Waals surface area contributed by atoms with Crippen LogP contribution >= 0.6 is 23.2 Å². The predicted octanol–water partition coefficient (Wildman–Crippen LogP) is 5.05. The number of aryl methyl sites for hydroxylation is 1. The fourth-order valence-corrected chi connectivity index (χ4v) is 3.62. The van der Waals surface area contributed by atoms with Gasteiger partial charge in [-0.2, -0.15) is 4.98 Å². The number of hydrogen-bond acceptors (Lipinski definition) is 4. The summed E-state index contributed by atoms with van der Waals surface area (Å²) in [6.45, 7) is 4.41. The van der Waals surface area contributed by atoms with E-state index in [4.69, 9.17) is 28.9 Å². The molecule has 4 rings (SSSR count). The Labute approximate surface area is 166 Å². The number of nitrogen functional groups attached to an aromatic ring is 1. The minimum Gasteiger partial charge on any atom is -0.368 e. The molecule has 3 heterocycles. The second-order valence-corrected chi connectivity index (χ2v) is 7.17. The SMILES string of the molecule is Cc1cnc(Cn2cc(-c3ccccc3)c3c(Cl)nc(N)nc32)c(C)c1Cl. The van der Waals surface area contributed by atoms with E-state index in [1.165, 1.54) is 0 Å². The first-order valence-electron chi connectivity index (χ1n) is 8.43. The Kier molecular flexibility index (Phi) is 4.50. The van der Waals surface area contributed by atoms with Crippen LogP contribution in [0, 0.1) is 13.8 Å². The molecule has 27 heavy (non-hydrogen) atoms. The summed E-state index contributed by atoms with van der Waals surface area (Å²) in [5, 5.41) is 1.83. The summed E-state index contributed by atoms with van der Waals surface area (Å²) in [5.74, 6) is 0.137. The Hall–Kier alpha value is -2.63. The van der Waals surface area contributed by atoms with Crippen LogP contribution in [-0.2, 0) is 6.54 Å². The van der Waals surface area contributed by atoms with E-state index >= 15 is 0 Å². The van der Waals surface area contributed by atoms with E-state index < -0.39 is 0 Å². The summed E-state index contributed by atoms with van der Waals surface area (Å²) in [5.41, 5.74) is 11.3. The summed E-state index contributed by atoms with van der Waals surface area (Å²) in [6, 6.07) is 9.99. The topological polar surface area (TPSA) is 69.6 Å². The molecule has 136 valence electrons. The van der Waals surface area contributed by atoms with Crippen LogP contribution in [-0.4, -0.2) is 19.5 Å². The van der Waals surface area contributed by atoms with E-state index in [9.17, 15) is 0 Å². The zero-order chi connectivity index (χ0) is 19.1. The first-order valence-corrected chi connectivity index (χ1v) is 9.19. The average Bonchev–Trinajstić information content (AvgIpc) is 3.01. The molecule has 7 heteroatoms. The standard InChI is InChI=1S/C20H17Cl2N5/c1-11-8-24-15(12(2)17(11)21)10-27-9-14(13-6-4-3-5-7-13)16-18(22)25-20(23)26-19(16)27/h3-9H,10H2,1-2H3,(H2,23,25,26). The lowest BCUT2D eigenvalue weighted by Gasteiger charge is -2.10. The van der Waals surface area contributed by atoms with Gasteiger partial charge in [0.2, 0.25) is 5.95 Å². The van der Waals surface area contributed by atoms with Crippen molar-refractivity contribution in [3.63, 3.8) is 0 Å². The molecule has 1 aromatic carbocycles. The Bertz CT molecular complexity index is 1150. The van der Waals surface area contributed by atoms with Gasteiger partial charge in [0.05, 0.1) is 17.6 Å². The first kappa shape index (κ1) is 17.8. The number of nitrogens with two attached hydrogens (primary N) is 1. The van der Waals surface area contributed by atoms with Crippen molar-refractivity contribution in [2.75, 3.05) is 5.73 Å². The first-order chi connectivity index (χ1) is 13.0. The molecule has 0 radical (unpaired) electrons. The number of halogens is 2. The molecule has 0 amide bonds. The summed E-state index contributed by atoms with van der Waals surface area (Å²) >= 11 is 12.8. The summed E-state index contributed by atoms with van der Waals surface area (Å²) in [6.07, 6.45) is 3.79. The van der Waals surface area contributed by atoms with Crippen molar-refractivity contribution < 1.29 is 0 Å². The number of fused-ring (bicyclic) bond motifs is 1. The molecular formula is C20H17Cl2N5. The Morgan fingerprint density at radius 3 is 2.56 bits per heavy atom. The van der Waals surface area contributed by atoms with Crippen LogP contribution in [0.2, 0.25) is 10.2 Å². The summed E-state index contributed by atoms with van der Waals surface area (Å²) in [7, 11) is 0. The summed E-state index contributed by atoms with van der Waals surface area (Å²) in [4.78, 5) is 13.1. The van der Waals surface area contributed by atoms with Gasteiger partial charge in [0.25, 0.3) is 0 Å². The van der Waals surface area contributed by atoms with Crippen molar-refractivity contribution in [3.8, 4) is 11.1 Å². The van der Waals surface area contributed by atoms with Crippen molar-refractivity contribution in [1.82, 2.24) is 19.5 Å². The van der Waals surface area contributed by atoms with Crippen LogP contribution < -0.4 is 5.73 Å². The molecule has 0 aliphatic carbocycles. The van der Waals surface area contributed by atoms with Crippen LogP contribution in [0.1, 0.15) is 16.8 Å². The van der Waals surface area contributed by atoms with Gasteiger partial charge in [-0.05, 0) is 30.5 Å². The average molecular weight is 398 g/mol. The normalized spacial score (nSPS) is 11.3. The van der Waals surface area contributed by atoms with E-state index in [0.29, 0.717) is 17.3 Å². The third kappa shape index (κ3) is 3.13. The highest BCUT2D eigenvalue weighted by Gasteiger charge is 2.18. The minimum atomic E-state index is 0.137. The van der Waals surface area contributed by atoms with Gasteiger partial charge in [-0.15, -0.1) is 0 Å². The van der Waals surface area contributed by atoms with E-state index in [1.807, 2.05) is 54.9 Å². The number of anilines is 1. The summed E-state index contributed by atoms with van der Waals surface area (Å²) < 4.78 is 1.99. The van der Waals surface area contributed by atoms with E-state index in [2.05, 4.69) is 15.0 Å². The third-order valence-corrected chi connectivity index (χ3v) is 5.47. The maximum Gasteiger partial charge on any atom is 0.223 e. The fourth-order valence-electron chi connectivity index (χ4n) is 3.19. The van der Waals surface area contributed by atoms with Gasteiger partial charge in [-0.1, -0.05) is 53.5 Å². The van der Waals surface area contributed by atoms with Gasteiger partial charge in [0.1, 0.15) is 10.8 Å². The maximum atomic E-state index is 6.43. The van der Waals surface area contributed by atoms with Gasteiger partial charge >= 0.3 is 0 Å². The smallest absolute Gasteiger partial charge is 0.223 e. The van der Waals surface area contributed by atoms with Crippen molar-refractivity contribution in [3.05, 3.63) is 69.7 Å². The Balaban J connectivity index is 1.93. The van der Waals surface area contributed by atoms with E-state index in [1.54, 1.807) is 6.20 Å². The van der Waals surface area contributed by atoms with Crippen LogP contribution in [0.25, 0.3) is 22.2 Å². The molecule has 0 spiro atoms. The van der Waals surface area contributed by atoms with Gasteiger partial charge in [-0.25, -0.2) is 4.98 Å². The molecule has 0 atom stereocenters. The maximum absolute atomic E-state index is 6.43.